The third kappa shape index (κ3) is 2.26. The molecule has 0 aromatic heterocycles. The molecule has 3 nitrogen and oxygen atoms in total. The maximum atomic E-state index is 7.11. The summed E-state index contributed by atoms with van der Waals surface area (Å²) < 4.78 is 7.11. The van der Waals surface area contributed by atoms with E-state index >= 15 is 0 Å². The Morgan fingerprint density at radius 3 is 2.67 bits per heavy atom. The Kier molecular flexibility index (Phi) is 3.91. The van der Waals surface area contributed by atoms with E-state index in [4.69, 9.17) is 4.74 Å². The van der Waals surface area contributed by atoms with Gasteiger partial charge in [0.15, 0.2) is 0 Å². The van der Waals surface area contributed by atoms with Crippen LogP contribution in [0.15, 0.2) is 0 Å². The minimum atomic E-state index is 0.306. The van der Waals surface area contributed by atoms with Crippen molar-refractivity contribution < 1.29 is 4.74 Å². The Morgan fingerprint density at radius 1 is 0.926 bits per heavy atom. The van der Waals surface area contributed by atoms with Gasteiger partial charge < -0.3 is 4.74 Å². The Hall–Kier alpha value is -0.120. The molecule has 0 radical (unpaired) electrons. The molecule has 27 heavy (non-hydrogen) atoms. The van der Waals surface area contributed by atoms with E-state index < -0.39 is 0 Å². The number of hydrogen-bond donors (Lipinski definition) is 0. The molecular weight excluding hydrogens is 332 g/mol. The molecule has 1 spiro atoms. The summed E-state index contributed by atoms with van der Waals surface area (Å²) in [6.07, 6.45) is 15.2. The summed E-state index contributed by atoms with van der Waals surface area (Å²) in [6, 6.07) is 1.56. The molecule has 2 saturated carbocycles. The van der Waals surface area contributed by atoms with E-state index in [9.17, 15) is 0 Å². The Labute approximate surface area is 166 Å². The molecule has 2 aliphatic carbocycles. The minimum absolute atomic E-state index is 0.306. The maximum absolute atomic E-state index is 7.11. The second-order valence-corrected chi connectivity index (χ2v) is 11.7. The molecular formula is C24H40N2O. The van der Waals surface area contributed by atoms with Crippen molar-refractivity contribution in [1.82, 2.24) is 9.80 Å². The highest BCUT2D eigenvalue weighted by molar-refractivity contribution is 5.21. The predicted octanol–water partition coefficient (Wildman–Crippen LogP) is 4.66. The zero-order valence-corrected chi connectivity index (χ0v) is 17.8. The molecule has 4 saturated heterocycles. The molecule has 8 atom stereocenters. The van der Waals surface area contributed by atoms with Gasteiger partial charge in [0.05, 0.1) is 12.1 Å². The lowest BCUT2D eigenvalue weighted by Crippen LogP contribution is -2.65. The molecule has 0 amide bonds. The predicted molar refractivity (Wildman–Crippen MR) is 108 cm³/mol. The molecule has 4 heterocycles. The topological polar surface area (TPSA) is 15.7 Å². The fourth-order valence-corrected chi connectivity index (χ4v) is 9.00. The van der Waals surface area contributed by atoms with E-state index in [0.29, 0.717) is 29.3 Å². The maximum Gasteiger partial charge on any atom is 0.127 e. The minimum Gasteiger partial charge on any atom is -0.358 e. The molecule has 0 N–H and O–H groups in total. The molecule has 4 aliphatic heterocycles. The van der Waals surface area contributed by atoms with Crippen LogP contribution in [0.1, 0.15) is 85.0 Å². The van der Waals surface area contributed by atoms with Gasteiger partial charge in [0.25, 0.3) is 0 Å². The molecule has 0 unspecified atom stereocenters. The standard InChI is InChI=1S/C24H40N2O/c1-16-10-11-18-20(14-16)27-22-21-24(15-26(22)23(18,2)3)12-6-4-8-17(24)19-9-5-7-13-25(19)21/h16-22H,4-15H2,1-3H3/t16-,17-,18-,19+,20-,21+,22+,24+/m1/s1. The van der Waals surface area contributed by atoms with Crippen LogP contribution in [0.2, 0.25) is 0 Å². The number of rotatable bonds is 0. The summed E-state index contributed by atoms with van der Waals surface area (Å²) >= 11 is 0. The lowest BCUT2D eigenvalue weighted by Gasteiger charge is -2.57. The number of hydrogen-bond acceptors (Lipinski definition) is 3. The lowest BCUT2D eigenvalue weighted by molar-refractivity contribution is -0.232. The average Bonchev–Trinajstić information content (AvgIpc) is 3.11. The van der Waals surface area contributed by atoms with Crippen molar-refractivity contribution in [3.8, 4) is 0 Å². The van der Waals surface area contributed by atoms with Crippen LogP contribution in [0, 0.1) is 23.2 Å². The van der Waals surface area contributed by atoms with Gasteiger partial charge in [-0.2, -0.15) is 0 Å². The molecule has 152 valence electrons. The third-order valence-corrected chi connectivity index (χ3v) is 10.2. The van der Waals surface area contributed by atoms with Crippen LogP contribution < -0.4 is 0 Å². The number of piperidine rings is 1. The monoisotopic (exact) mass is 372 g/mol. The largest absolute Gasteiger partial charge is 0.358 e. The zero-order valence-electron chi connectivity index (χ0n) is 17.8. The van der Waals surface area contributed by atoms with Gasteiger partial charge >= 0.3 is 0 Å². The highest BCUT2D eigenvalue weighted by Crippen LogP contribution is 2.63. The van der Waals surface area contributed by atoms with Gasteiger partial charge in [-0.3, -0.25) is 9.80 Å². The fraction of sp³-hybridized carbons (Fsp3) is 1.00. The first kappa shape index (κ1) is 17.7. The second kappa shape index (κ2) is 5.95. The first-order chi connectivity index (χ1) is 13.0. The van der Waals surface area contributed by atoms with Crippen molar-refractivity contribution in [2.45, 2.75) is 115 Å². The molecule has 3 heteroatoms. The van der Waals surface area contributed by atoms with Crippen molar-refractivity contribution in [3.63, 3.8) is 0 Å². The van der Waals surface area contributed by atoms with Crippen molar-refractivity contribution in [2.75, 3.05) is 13.1 Å². The van der Waals surface area contributed by atoms with Gasteiger partial charge in [0, 0.05) is 29.5 Å². The van der Waals surface area contributed by atoms with Crippen LogP contribution in [0.3, 0.4) is 0 Å². The van der Waals surface area contributed by atoms with Gasteiger partial charge in [0.2, 0.25) is 0 Å². The van der Waals surface area contributed by atoms with Crippen LogP contribution in [0.5, 0.6) is 0 Å². The number of ether oxygens (including phenoxy) is 1. The summed E-state index contributed by atoms with van der Waals surface area (Å²) in [4.78, 5) is 5.88. The van der Waals surface area contributed by atoms with Crippen molar-refractivity contribution >= 4 is 0 Å². The normalized spacial score (nSPS) is 54.6. The highest BCUT2D eigenvalue weighted by Gasteiger charge is 2.70. The summed E-state index contributed by atoms with van der Waals surface area (Å²) in [5, 5.41) is 0. The van der Waals surface area contributed by atoms with Gasteiger partial charge in [-0.1, -0.05) is 32.6 Å². The first-order valence-electron chi connectivity index (χ1n) is 12.2. The van der Waals surface area contributed by atoms with E-state index in [2.05, 4.69) is 30.6 Å². The van der Waals surface area contributed by atoms with Crippen LogP contribution in [-0.2, 0) is 4.74 Å². The van der Waals surface area contributed by atoms with Crippen LogP contribution in [0.4, 0.5) is 0 Å². The SMILES string of the molecule is C[C@@H]1CC[C@@H]2[C@@H](C1)O[C@H]1[C@@H]3N4CCCC[C@H]4[C@H]4CCCC[C@]43CN1C2(C)C. The summed E-state index contributed by atoms with van der Waals surface area (Å²) in [5.41, 5.74) is 0.842. The van der Waals surface area contributed by atoms with Crippen molar-refractivity contribution in [3.05, 3.63) is 0 Å². The first-order valence-corrected chi connectivity index (χ1v) is 12.2. The molecule has 6 aliphatic rings. The molecule has 6 rings (SSSR count). The Balaban J connectivity index is 1.41. The Morgan fingerprint density at radius 2 is 1.78 bits per heavy atom. The summed E-state index contributed by atoms with van der Waals surface area (Å²) in [6.45, 7) is 10.2. The van der Waals surface area contributed by atoms with Crippen molar-refractivity contribution in [1.29, 1.82) is 0 Å². The van der Waals surface area contributed by atoms with Gasteiger partial charge in [0.1, 0.15) is 6.23 Å². The third-order valence-electron chi connectivity index (χ3n) is 10.2. The smallest absolute Gasteiger partial charge is 0.127 e. The van der Waals surface area contributed by atoms with Crippen LogP contribution in [-0.4, -0.2) is 52.8 Å². The quantitative estimate of drug-likeness (QED) is 0.615. The van der Waals surface area contributed by atoms with E-state index in [1.54, 1.807) is 0 Å². The van der Waals surface area contributed by atoms with Gasteiger partial charge in [-0.25, -0.2) is 0 Å². The van der Waals surface area contributed by atoms with Gasteiger partial charge in [-0.15, -0.1) is 0 Å². The van der Waals surface area contributed by atoms with E-state index in [1.165, 1.54) is 77.3 Å². The molecule has 0 bridgehead atoms. The Bertz CT molecular complexity index is 605. The van der Waals surface area contributed by atoms with Crippen LogP contribution in [0.25, 0.3) is 0 Å². The second-order valence-electron chi connectivity index (χ2n) is 11.7. The van der Waals surface area contributed by atoms with E-state index in [-0.39, 0.29) is 0 Å². The number of nitrogens with zero attached hydrogens (tertiary/aromatic N) is 2. The average molecular weight is 373 g/mol. The van der Waals surface area contributed by atoms with Crippen molar-refractivity contribution in [2.24, 2.45) is 23.2 Å². The van der Waals surface area contributed by atoms with E-state index in [1.807, 2.05) is 0 Å². The summed E-state index contributed by atoms with van der Waals surface area (Å²) in [5.74, 6) is 2.53. The molecule has 0 aromatic carbocycles. The molecule has 0 aromatic rings. The fourth-order valence-electron chi connectivity index (χ4n) is 9.00. The van der Waals surface area contributed by atoms with E-state index in [0.717, 1.165) is 23.8 Å². The number of fused-ring (bicyclic) bond motifs is 6. The zero-order chi connectivity index (χ0) is 18.4. The van der Waals surface area contributed by atoms with Crippen LogP contribution >= 0.6 is 0 Å². The summed E-state index contributed by atoms with van der Waals surface area (Å²) in [7, 11) is 0. The highest BCUT2D eigenvalue weighted by atomic mass is 16.5. The van der Waals surface area contributed by atoms with Gasteiger partial charge in [-0.05, 0) is 70.8 Å². The lowest BCUT2D eigenvalue weighted by atomic mass is 9.64. The molecule has 6 fully saturated rings.